The third kappa shape index (κ3) is 7.33. The summed E-state index contributed by atoms with van der Waals surface area (Å²) in [7, 11) is 0. The second kappa shape index (κ2) is 11.9. The van der Waals surface area contributed by atoms with Gasteiger partial charge in [-0.3, -0.25) is 14.9 Å². The number of anilines is 1. The molecule has 3 N–H and O–H groups in total. The van der Waals surface area contributed by atoms with E-state index in [2.05, 4.69) is 20.9 Å². The molecule has 0 radical (unpaired) electrons. The van der Waals surface area contributed by atoms with Crippen LogP contribution in [0.3, 0.4) is 0 Å². The van der Waals surface area contributed by atoms with Crippen molar-refractivity contribution in [2.45, 2.75) is 33.2 Å². The summed E-state index contributed by atoms with van der Waals surface area (Å²) in [6, 6.07) is 1.83. The first-order valence-electron chi connectivity index (χ1n) is 7.79. The fraction of sp³-hybridized carbons (Fsp3) is 0.438. The lowest BCUT2D eigenvalue weighted by molar-refractivity contribution is -0.120. The van der Waals surface area contributed by atoms with E-state index in [-0.39, 0.29) is 49.1 Å². The van der Waals surface area contributed by atoms with Crippen LogP contribution in [-0.4, -0.2) is 35.9 Å². The minimum absolute atomic E-state index is 0. The highest BCUT2D eigenvalue weighted by atomic mass is 35.5. The number of hydrogen-bond acceptors (Lipinski definition) is 6. The molecule has 2 aromatic heterocycles. The maximum absolute atomic E-state index is 12.1. The van der Waals surface area contributed by atoms with Crippen LogP contribution in [0.1, 0.15) is 35.7 Å². The third-order valence-corrected chi connectivity index (χ3v) is 4.18. The Bertz CT molecular complexity index is 705. The molecule has 2 amide bonds. The molecule has 0 aromatic carbocycles. The number of furan rings is 1. The van der Waals surface area contributed by atoms with Crippen LogP contribution in [0.25, 0.3) is 0 Å². The van der Waals surface area contributed by atoms with Crippen LogP contribution in [0.15, 0.2) is 22.1 Å². The minimum Gasteiger partial charge on any atom is -0.469 e. The van der Waals surface area contributed by atoms with Crippen molar-refractivity contribution in [3.63, 3.8) is 0 Å². The molecule has 2 heterocycles. The lowest BCUT2D eigenvalue weighted by Crippen LogP contribution is -2.39. The molecule has 146 valence electrons. The standard InChI is InChI=1S/C16H22N4O3S.2ClH/c1-4-17-10(2)8-18-14(21)7-12-9-24-16(19-12)20-15(22)13-5-6-23-11(13)3;;/h5-6,9-10,17H,4,7-8H2,1-3H3,(H,18,21)(H,19,20,22);2*1H/t10-;;/m1../s1. The summed E-state index contributed by atoms with van der Waals surface area (Å²) < 4.78 is 5.11. The Balaban J connectivity index is 0.00000312. The number of thiazole rings is 1. The van der Waals surface area contributed by atoms with Crippen molar-refractivity contribution >= 4 is 53.1 Å². The summed E-state index contributed by atoms with van der Waals surface area (Å²) in [4.78, 5) is 28.3. The van der Waals surface area contributed by atoms with Gasteiger partial charge in [0.25, 0.3) is 5.91 Å². The molecule has 0 saturated carbocycles. The molecule has 0 aliphatic heterocycles. The van der Waals surface area contributed by atoms with E-state index in [1.165, 1.54) is 17.6 Å². The van der Waals surface area contributed by atoms with E-state index in [9.17, 15) is 9.59 Å². The largest absolute Gasteiger partial charge is 0.469 e. The number of likely N-dealkylation sites (N-methyl/N-ethyl adjacent to an activating group) is 1. The van der Waals surface area contributed by atoms with Crippen LogP contribution in [0.4, 0.5) is 5.13 Å². The molecule has 2 rings (SSSR count). The highest BCUT2D eigenvalue weighted by molar-refractivity contribution is 7.14. The molecule has 0 aliphatic carbocycles. The number of nitrogens with zero attached hydrogens (tertiary/aromatic N) is 1. The van der Waals surface area contributed by atoms with Gasteiger partial charge in [-0.2, -0.15) is 0 Å². The smallest absolute Gasteiger partial charge is 0.260 e. The van der Waals surface area contributed by atoms with Crippen LogP contribution in [0.2, 0.25) is 0 Å². The number of aromatic nitrogens is 1. The number of carbonyl (C=O) groups excluding carboxylic acids is 2. The third-order valence-electron chi connectivity index (χ3n) is 3.38. The first-order chi connectivity index (χ1) is 11.5. The maximum atomic E-state index is 12.1. The van der Waals surface area contributed by atoms with Gasteiger partial charge >= 0.3 is 0 Å². The molecule has 0 saturated heterocycles. The van der Waals surface area contributed by atoms with E-state index in [0.29, 0.717) is 28.7 Å². The minimum atomic E-state index is -0.272. The topological polar surface area (TPSA) is 96.3 Å². The van der Waals surface area contributed by atoms with E-state index >= 15 is 0 Å². The highest BCUT2D eigenvalue weighted by Crippen LogP contribution is 2.18. The van der Waals surface area contributed by atoms with E-state index in [1.807, 2.05) is 13.8 Å². The van der Waals surface area contributed by atoms with Crippen molar-refractivity contribution < 1.29 is 14.0 Å². The Morgan fingerprint density at radius 2 is 2.08 bits per heavy atom. The molecule has 2 aromatic rings. The molecule has 0 bridgehead atoms. The first kappa shape index (κ1) is 24.4. The second-order valence-corrected chi connectivity index (χ2v) is 6.29. The fourth-order valence-electron chi connectivity index (χ4n) is 2.15. The van der Waals surface area contributed by atoms with E-state index in [0.717, 1.165) is 6.54 Å². The Hall–Kier alpha value is -1.61. The van der Waals surface area contributed by atoms with Crippen molar-refractivity contribution in [2.75, 3.05) is 18.4 Å². The Labute approximate surface area is 169 Å². The number of halogens is 2. The Morgan fingerprint density at radius 1 is 1.35 bits per heavy atom. The maximum Gasteiger partial charge on any atom is 0.260 e. The van der Waals surface area contributed by atoms with Crippen LogP contribution in [-0.2, 0) is 11.2 Å². The Kier molecular flexibility index (Phi) is 11.2. The lowest BCUT2D eigenvalue weighted by Gasteiger charge is -2.12. The molecular formula is C16H24Cl2N4O3S. The summed E-state index contributed by atoms with van der Waals surface area (Å²) in [6.07, 6.45) is 1.66. The van der Waals surface area contributed by atoms with Gasteiger partial charge in [-0.25, -0.2) is 4.98 Å². The fourth-order valence-corrected chi connectivity index (χ4v) is 2.85. The van der Waals surface area contributed by atoms with Crippen molar-refractivity contribution in [1.82, 2.24) is 15.6 Å². The zero-order valence-electron chi connectivity index (χ0n) is 14.8. The Morgan fingerprint density at radius 3 is 2.69 bits per heavy atom. The summed E-state index contributed by atoms with van der Waals surface area (Å²) in [5.74, 6) is 0.193. The summed E-state index contributed by atoms with van der Waals surface area (Å²) in [5.41, 5.74) is 1.11. The van der Waals surface area contributed by atoms with Crippen LogP contribution in [0, 0.1) is 6.92 Å². The average Bonchev–Trinajstić information content (AvgIpc) is 3.14. The zero-order chi connectivity index (χ0) is 17.5. The van der Waals surface area contributed by atoms with Crippen molar-refractivity contribution in [1.29, 1.82) is 0 Å². The number of nitrogens with one attached hydrogen (secondary N) is 3. The predicted molar refractivity (Wildman–Crippen MR) is 108 cm³/mol. The number of rotatable bonds is 8. The molecule has 10 heteroatoms. The van der Waals surface area contributed by atoms with Crippen LogP contribution in [0.5, 0.6) is 0 Å². The predicted octanol–water partition coefficient (Wildman–Crippen LogP) is 2.80. The molecule has 0 aliphatic rings. The van der Waals surface area contributed by atoms with E-state index < -0.39 is 0 Å². The summed E-state index contributed by atoms with van der Waals surface area (Å²) >= 11 is 1.29. The molecular weight excluding hydrogens is 399 g/mol. The van der Waals surface area contributed by atoms with Gasteiger partial charge in [-0.05, 0) is 26.5 Å². The molecule has 1 atom stereocenters. The van der Waals surface area contributed by atoms with Crippen LogP contribution >= 0.6 is 36.2 Å². The first-order valence-corrected chi connectivity index (χ1v) is 8.67. The van der Waals surface area contributed by atoms with Gasteiger partial charge in [0.15, 0.2) is 5.13 Å². The number of aryl methyl sites for hydroxylation is 1. The number of carbonyl (C=O) groups is 2. The van der Waals surface area contributed by atoms with E-state index in [4.69, 9.17) is 4.42 Å². The molecule has 7 nitrogen and oxygen atoms in total. The lowest BCUT2D eigenvalue weighted by atomic mass is 10.2. The molecule has 0 spiro atoms. The SMILES string of the molecule is CCN[C@H](C)CNC(=O)Cc1csc(NC(=O)c2ccoc2C)n1.Cl.Cl. The summed E-state index contributed by atoms with van der Waals surface area (Å²) in [6.45, 7) is 7.19. The van der Waals surface area contributed by atoms with Crippen molar-refractivity contribution in [2.24, 2.45) is 0 Å². The van der Waals surface area contributed by atoms with Gasteiger partial charge in [-0.1, -0.05) is 6.92 Å². The van der Waals surface area contributed by atoms with Gasteiger partial charge in [0, 0.05) is 18.0 Å². The zero-order valence-corrected chi connectivity index (χ0v) is 17.3. The molecule has 0 unspecified atom stereocenters. The van der Waals surface area contributed by atoms with Gasteiger partial charge in [0.2, 0.25) is 5.91 Å². The van der Waals surface area contributed by atoms with Gasteiger partial charge in [0.05, 0.1) is 23.9 Å². The van der Waals surface area contributed by atoms with Gasteiger partial charge < -0.3 is 15.1 Å². The number of amides is 2. The normalized spacial score (nSPS) is 11.0. The average molecular weight is 423 g/mol. The summed E-state index contributed by atoms with van der Waals surface area (Å²) in [5, 5.41) is 11.0. The van der Waals surface area contributed by atoms with Crippen molar-refractivity contribution in [3.05, 3.63) is 34.7 Å². The van der Waals surface area contributed by atoms with E-state index in [1.54, 1.807) is 18.4 Å². The van der Waals surface area contributed by atoms with Gasteiger partial charge in [-0.15, -0.1) is 36.2 Å². The van der Waals surface area contributed by atoms with Gasteiger partial charge in [0.1, 0.15) is 5.76 Å². The second-order valence-electron chi connectivity index (χ2n) is 5.43. The monoisotopic (exact) mass is 422 g/mol. The number of hydrogen-bond donors (Lipinski definition) is 3. The molecule has 0 fully saturated rings. The van der Waals surface area contributed by atoms with Crippen molar-refractivity contribution in [3.8, 4) is 0 Å². The highest BCUT2D eigenvalue weighted by Gasteiger charge is 2.14. The quantitative estimate of drug-likeness (QED) is 0.607. The molecule has 26 heavy (non-hydrogen) atoms. The van der Waals surface area contributed by atoms with Crippen LogP contribution < -0.4 is 16.0 Å².